The van der Waals surface area contributed by atoms with Crippen LogP contribution in [0, 0.1) is 0 Å². The number of aliphatic hydroxyl groups excluding tert-OH is 1. The normalized spacial score (nSPS) is 14.9. The molecule has 0 fully saturated rings. The largest absolute Gasteiger partial charge is 0.462 e. The predicted octanol–water partition coefficient (Wildman–Crippen LogP) is 1.79. The lowest BCUT2D eigenvalue weighted by atomic mass is 9.95. The van der Waals surface area contributed by atoms with E-state index in [1.165, 1.54) is 23.5 Å². The van der Waals surface area contributed by atoms with Crippen molar-refractivity contribution >= 4 is 59.3 Å². The van der Waals surface area contributed by atoms with Crippen molar-refractivity contribution in [3.8, 4) is 0 Å². The molecule has 0 amide bonds. The molecule has 0 aliphatic heterocycles. The highest BCUT2D eigenvalue weighted by Gasteiger charge is 2.50. The second-order valence-corrected chi connectivity index (χ2v) is 12.0. The van der Waals surface area contributed by atoms with Gasteiger partial charge in [-0.1, -0.05) is 13.8 Å². The Morgan fingerprint density at radius 2 is 0.975 bits per heavy atom. The number of carbonyl (C=O) groups is 6. The average Bonchev–Trinajstić information content (AvgIpc) is 2.81. The molecule has 0 unspecified atom stereocenters. The highest BCUT2D eigenvalue weighted by Crippen LogP contribution is 2.42. The van der Waals surface area contributed by atoms with Crippen LogP contribution in [0.2, 0.25) is 0 Å². The van der Waals surface area contributed by atoms with Crippen LogP contribution in [0.3, 0.4) is 0 Å². The average molecular weight is 613 g/mol. The number of aliphatic hydroxyl groups is 1. The van der Waals surface area contributed by atoms with Crippen LogP contribution in [0.5, 0.6) is 0 Å². The Balaban J connectivity index is 7.17. The SMILES string of the molecule is CCSC(CO)(C[C@H](OC(C)=O)[C@@H](OC(C)=O)[C@@H](OC(C)=O)[C@H](OC(C)=O)[C@@H](COC(C)=O)OC(C)=O)SCC. The number of hydrogen-bond donors (Lipinski definition) is 1. The Bertz CT molecular complexity index is 873. The molecule has 40 heavy (non-hydrogen) atoms. The van der Waals surface area contributed by atoms with Crippen molar-refractivity contribution < 1.29 is 62.3 Å². The number of esters is 6. The number of carbonyl (C=O) groups excluding carboxylic acids is 6. The third-order valence-electron chi connectivity index (χ3n) is 4.94. The van der Waals surface area contributed by atoms with Gasteiger partial charge in [0.1, 0.15) is 12.7 Å². The monoisotopic (exact) mass is 612 g/mol. The molecule has 0 radical (unpaired) electrons. The van der Waals surface area contributed by atoms with E-state index in [-0.39, 0.29) is 13.0 Å². The Labute approximate surface area is 242 Å². The van der Waals surface area contributed by atoms with Gasteiger partial charge in [0.2, 0.25) is 0 Å². The van der Waals surface area contributed by atoms with Crippen LogP contribution in [-0.4, -0.2) is 100 Å². The van der Waals surface area contributed by atoms with Gasteiger partial charge in [0, 0.05) is 48.0 Å². The van der Waals surface area contributed by atoms with E-state index in [1.54, 1.807) is 0 Å². The quantitative estimate of drug-likeness (QED) is 0.134. The third kappa shape index (κ3) is 14.2. The molecule has 15 heteroatoms. The lowest BCUT2D eigenvalue weighted by molar-refractivity contribution is -0.213. The molecule has 0 aromatic rings. The molecular weight excluding hydrogens is 572 g/mol. The first kappa shape index (κ1) is 37.5. The van der Waals surface area contributed by atoms with Crippen LogP contribution in [0.4, 0.5) is 0 Å². The number of thioether (sulfide) groups is 2. The maximum absolute atomic E-state index is 12.3. The van der Waals surface area contributed by atoms with Crippen LogP contribution in [0.25, 0.3) is 0 Å². The van der Waals surface area contributed by atoms with E-state index in [0.29, 0.717) is 11.5 Å². The van der Waals surface area contributed by atoms with Gasteiger partial charge in [-0.2, -0.15) is 0 Å². The molecule has 0 spiro atoms. The standard InChI is InChI=1S/C25H40O13S2/c1-9-39-25(13-26,40-10-2)11-20(34-15(4)28)22(36-17(6)30)24(38-19(8)32)23(37-18(7)31)21(35-16(5)29)12-33-14(3)27/h20-24,26H,9-13H2,1-8H3/t20-,21+,22+,23+,24+/m0/s1. The summed E-state index contributed by atoms with van der Waals surface area (Å²) in [6.07, 6.45) is -7.99. The van der Waals surface area contributed by atoms with Crippen molar-refractivity contribution in [2.24, 2.45) is 0 Å². The van der Waals surface area contributed by atoms with Gasteiger partial charge < -0.3 is 33.5 Å². The molecule has 13 nitrogen and oxygen atoms in total. The summed E-state index contributed by atoms with van der Waals surface area (Å²) in [5, 5.41) is 10.4. The van der Waals surface area contributed by atoms with E-state index < -0.39 is 77.0 Å². The molecule has 0 rings (SSSR count). The van der Waals surface area contributed by atoms with Crippen molar-refractivity contribution in [1.82, 2.24) is 0 Å². The number of ether oxygens (including phenoxy) is 6. The summed E-state index contributed by atoms with van der Waals surface area (Å²) in [6.45, 7) is 9.16. The van der Waals surface area contributed by atoms with Gasteiger partial charge in [0.15, 0.2) is 24.4 Å². The van der Waals surface area contributed by atoms with Crippen LogP contribution in [0.15, 0.2) is 0 Å². The lowest BCUT2D eigenvalue weighted by Gasteiger charge is -2.40. The third-order valence-corrected chi connectivity index (χ3v) is 7.87. The second-order valence-electron chi connectivity index (χ2n) is 8.46. The summed E-state index contributed by atoms with van der Waals surface area (Å²) in [7, 11) is 0. The molecule has 0 heterocycles. The highest BCUT2D eigenvalue weighted by atomic mass is 32.2. The first-order valence-corrected chi connectivity index (χ1v) is 14.5. The van der Waals surface area contributed by atoms with Crippen LogP contribution < -0.4 is 0 Å². The smallest absolute Gasteiger partial charge is 0.303 e. The molecule has 0 bridgehead atoms. The Morgan fingerprint density at radius 1 is 0.600 bits per heavy atom. The van der Waals surface area contributed by atoms with Gasteiger partial charge in [-0.3, -0.25) is 28.8 Å². The fourth-order valence-electron chi connectivity index (χ4n) is 3.80. The minimum Gasteiger partial charge on any atom is -0.462 e. The predicted molar refractivity (Wildman–Crippen MR) is 145 cm³/mol. The maximum atomic E-state index is 12.3. The van der Waals surface area contributed by atoms with Gasteiger partial charge in [0.25, 0.3) is 0 Å². The van der Waals surface area contributed by atoms with E-state index in [2.05, 4.69) is 0 Å². The summed E-state index contributed by atoms with van der Waals surface area (Å²) in [6, 6.07) is 0. The lowest BCUT2D eigenvalue weighted by Crippen LogP contribution is -2.57. The van der Waals surface area contributed by atoms with Crippen molar-refractivity contribution in [3.05, 3.63) is 0 Å². The van der Waals surface area contributed by atoms with Crippen molar-refractivity contribution in [2.45, 2.75) is 96.4 Å². The summed E-state index contributed by atoms with van der Waals surface area (Å²) in [4.78, 5) is 72.4. The van der Waals surface area contributed by atoms with E-state index in [1.807, 2.05) is 13.8 Å². The molecule has 0 aromatic carbocycles. The first-order valence-electron chi connectivity index (χ1n) is 12.5. The van der Waals surface area contributed by atoms with Crippen molar-refractivity contribution in [3.63, 3.8) is 0 Å². The minimum atomic E-state index is -1.72. The Kier molecular flexibility index (Phi) is 17.6. The topological polar surface area (TPSA) is 178 Å². The highest BCUT2D eigenvalue weighted by molar-refractivity contribution is 8.18. The minimum absolute atomic E-state index is 0.0925. The van der Waals surface area contributed by atoms with Gasteiger partial charge in [0.05, 0.1) is 10.7 Å². The molecular formula is C25H40O13S2. The Morgan fingerprint density at radius 3 is 1.32 bits per heavy atom. The first-order chi connectivity index (χ1) is 18.6. The zero-order chi connectivity index (χ0) is 31.0. The van der Waals surface area contributed by atoms with Crippen molar-refractivity contribution in [1.29, 1.82) is 0 Å². The molecule has 0 saturated heterocycles. The van der Waals surface area contributed by atoms with Crippen LogP contribution in [0.1, 0.15) is 61.8 Å². The number of rotatable bonds is 18. The number of hydrogen-bond acceptors (Lipinski definition) is 15. The zero-order valence-corrected chi connectivity index (χ0v) is 25.7. The molecule has 0 saturated carbocycles. The molecule has 1 N–H and O–H groups in total. The fourth-order valence-corrected chi connectivity index (χ4v) is 6.64. The zero-order valence-electron chi connectivity index (χ0n) is 24.1. The van der Waals surface area contributed by atoms with Crippen LogP contribution in [-0.2, 0) is 57.2 Å². The summed E-state index contributed by atoms with van der Waals surface area (Å²) in [5.74, 6) is -3.93. The summed E-state index contributed by atoms with van der Waals surface area (Å²) >= 11 is 2.74. The molecule has 0 aliphatic carbocycles. The van der Waals surface area contributed by atoms with Gasteiger partial charge >= 0.3 is 35.8 Å². The molecule has 230 valence electrons. The van der Waals surface area contributed by atoms with E-state index in [9.17, 15) is 33.9 Å². The van der Waals surface area contributed by atoms with E-state index >= 15 is 0 Å². The van der Waals surface area contributed by atoms with Gasteiger partial charge in [-0.05, 0) is 11.5 Å². The molecule has 5 atom stereocenters. The fraction of sp³-hybridized carbons (Fsp3) is 0.760. The summed E-state index contributed by atoms with van der Waals surface area (Å²) in [5.41, 5.74) is 0. The van der Waals surface area contributed by atoms with Gasteiger partial charge in [-0.25, -0.2) is 0 Å². The maximum Gasteiger partial charge on any atom is 0.303 e. The van der Waals surface area contributed by atoms with Crippen LogP contribution >= 0.6 is 23.5 Å². The van der Waals surface area contributed by atoms with Crippen molar-refractivity contribution in [2.75, 3.05) is 24.7 Å². The van der Waals surface area contributed by atoms with Gasteiger partial charge in [-0.15, -0.1) is 23.5 Å². The molecule has 0 aliphatic rings. The second kappa shape index (κ2) is 18.8. The molecule has 0 aromatic heterocycles. The van der Waals surface area contributed by atoms with E-state index in [4.69, 9.17) is 28.4 Å². The summed E-state index contributed by atoms with van der Waals surface area (Å²) < 4.78 is 31.3. The Hall–Kier alpha value is -2.52. The van der Waals surface area contributed by atoms with E-state index in [0.717, 1.165) is 41.5 Å².